The number of rotatable bonds is 2. The number of nitrogens with one attached hydrogen (secondary N) is 1. The molecule has 4 heteroatoms. The van der Waals surface area contributed by atoms with Crippen molar-refractivity contribution in [2.24, 2.45) is 5.92 Å². The smallest absolute Gasteiger partial charge is 0.228 e. The average molecular weight is 240 g/mol. The summed E-state index contributed by atoms with van der Waals surface area (Å²) >= 11 is 0. The summed E-state index contributed by atoms with van der Waals surface area (Å²) in [5.41, 5.74) is 0. The van der Waals surface area contributed by atoms with E-state index in [4.69, 9.17) is 4.74 Å². The van der Waals surface area contributed by atoms with Crippen molar-refractivity contribution in [2.45, 2.75) is 51.8 Å². The van der Waals surface area contributed by atoms with Crippen LogP contribution in [0.1, 0.15) is 33.6 Å². The van der Waals surface area contributed by atoms with Crippen LogP contribution in [-0.2, 0) is 9.53 Å². The zero-order chi connectivity index (χ0) is 12.4. The molecule has 0 aromatic carbocycles. The van der Waals surface area contributed by atoms with Gasteiger partial charge in [-0.2, -0.15) is 0 Å². The predicted octanol–water partition coefficient (Wildman–Crippen LogP) is 1.01. The third-order valence-electron chi connectivity index (χ3n) is 3.98. The van der Waals surface area contributed by atoms with Crippen LogP contribution in [0.25, 0.3) is 0 Å². The van der Waals surface area contributed by atoms with Crippen LogP contribution < -0.4 is 5.32 Å². The van der Waals surface area contributed by atoms with E-state index in [1.807, 2.05) is 4.90 Å². The molecule has 2 heterocycles. The van der Waals surface area contributed by atoms with Gasteiger partial charge in [-0.15, -0.1) is 0 Å². The number of carbonyl (C=O) groups excluding carboxylic acids is 1. The number of carbonyl (C=O) groups is 1. The lowest BCUT2D eigenvalue weighted by Crippen LogP contribution is -2.58. The first-order valence-electron chi connectivity index (χ1n) is 6.79. The van der Waals surface area contributed by atoms with E-state index < -0.39 is 0 Å². The normalized spacial score (nSPS) is 38.4. The van der Waals surface area contributed by atoms with E-state index in [0.717, 1.165) is 32.5 Å². The monoisotopic (exact) mass is 240 g/mol. The summed E-state index contributed by atoms with van der Waals surface area (Å²) in [7, 11) is 0. The highest BCUT2D eigenvalue weighted by atomic mass is 16.5. The Morgan fingerprint density at radius 1 is 1.47 bits per heavy atom. The van der Waals surface area contributed by atoms with Gasteiger partial charge < -0.3 is 15.0 Å². The van der Waals surface area contributed by atoms with Gasteiger partial charge in [0.15, 0.2) is 0 Å². The molecule has 4 nitrogen and oxygen atoms in total. The molecular formula is C13H24N2O2. The molecule has 4 atom stereocenters. The first kappa shape index (κ1) is 12.8. The standard InChI is InChI=1S/C13H24N2O2/c1-4-12-11(5-6-17-12)13(16)15-8-9(2)14-7-10(15)3/h9-12,14H,4-8H2,1-3H3. The van der Waals surface area contributed by atoms with Gasteiger partial charge in [0.1, 0.15) is 0 Å². The summed E-state index contributed by atoms with van der Waals surface area (Å²) < 4.78 is 5.63. The second-order valence-corrected chi connectivity index (χ2v) is 5.36. The summed E-state index contributed by atoms with van der Waals surface area (Å²) in [5.74, 6) is 0.392. The minimum Gasteiger partial charge on any atom is -0.377 e. The maximum absolute atomic E-state index is 12.5. The van der Waals surface area contributed by atoms with Gasteiger partial charge in [-0.1, -0.05) is 6.92 Å². The predicted molar refractivity (Wildman–Crippen MR) is 66.8 cm³/mol. The fraction of sp³-hybridized carbons (Fsp3) is 0.923. The Kier molecular flexibility index (Phi) is 4.05. The number of hydrogen-bond acceptors (Lipinski definition) is 3. The molecule has 2 saturated heterocycles. The lowest BCUT2D eigenvalue weighted by atomic mass is 9.96. The highest BCUT2D eigenvalue weighted by Gasteiger charge is 2.38. The van der Waals surface area contributed by atoms with Crippen molar-refractivity contribution in [3.63, 3.8) is 0 Å². The molecule has 1 N–H and O–H groups in total. The molecule has 1 amide bonds. The summed E-state index contributed by atoms with van der Waals surface area (Å²) in [6.45, 7) is 8.82. The van der Waals surface area contributed by atoms with E-state index >= 15 is 0 Å². The van der Waals surface area contributed by atoms with E-state index in [1.165, 1.54) is 0 Å². The summed E-state index contributed by atoms with van der Waals surface area (Å²) in [4.78, 5) is 14.6. The Morgan fingerprint density at radius 3 is 2.94 bits per heavy atom. The Bertz CT molecular complexity index is 283. The molecule has 2 fully saturated rings. The minimum absolute atomic E-state index is 0.0905. The van der Waals surface area contributed by atoms with Gasteiger partial charge in [0.25, 0.3) is 0 Å². The third kappa shape index (κ3) is 2.63. The lowest BCUT2D eigenvalue weighted by molar-refractivity contribution is -0.140. The van der Waals surface area contributed by atoms with Gasteiger partial charge in [-0.05, 0) is 26.7 Å². The molecule has 0 saturated carbocycles. The van der Waals surface area contributed by atoms with Crippen molar-refractivity contribution in [3.8, 4) is 0 Å². The van der Waals surface area contributed by atoms with Gasteiger partial charge in [-0.3, -0.25) is 4.79 Å². The third-order valence-corrected chi connectivity index (χ3v) is 3.98. The van der Waals surface area contributed by atoms with Gasteiger partial charge in [-0.25, -0.2) is 0 Å². The van der Waals surface area contributed by atoms with Crippen molar-refractivity contribution in [1.82, 2.24) is 10.2 Å². The Labute approximate surface area is 104 Å². The molecule has 4 unspecified atom stereocenters. The first-order valence-corrected chi connectivity index (χ1v) is 6.79. The van der Waals surface area contributed by atoms with Gasteiger partial charge >= 0.3 is 0 Å². The second-order valence-electron chi connectivity index (χ2n) is 5.36. The van der Waals surface area contributed by atoms with E-state index in [-0.39, 0.29) is 12.0 Å². The molecule has 0 spiro atoms. The fourth-order valence-electron chi connectivity index (χ4n) is 2.87. The van der Waals surface area contributed by atoms with Gasteiger partial charge in [0.2, 0.25) is 5.91 Å². The molecular weight excluding hydrogens is 216 g/mol. The Hall–Kier alpha value is -0.610. The Morgan fingerprint density at radius 2 is 2.24 bits per heavy atom. The zero-order valence-electron chi connectivity index (χ0n) is 11.1. The molecule has 98 valence electrons. The molecule has 0 bridgehead atoms. The fourth-order valence-corrected chi connectivity index (χ4v) is 2.87. The highest BCUT2D eigenvalue weighted by Crippen LogP contribution is 2.26. The SMILES string of the molecule is CCC1OCCC1C(=O)N1CC(C)NCC1C. The molecule has 0 aromatic rings. The largest absolute Gasteiger partial charge is 0.377 e. The lowest BCUT2D eigenvalue weighted by Gasteiger charge is -2.39. The number of hydrogen-bond donors (Lipinski definition) is 1. The minimum atomic E-state index is 0.0905. The summed E-state index contributed by atoms with van der Waals surface area (Å²) in [6.07, 6.45) is 1.97. The van der Waals surface area contributed by atoms with Crippen LogP contribution in [0.4, 0.5) is 0 Å². The van der Waals surface area contributed by atoms with Gasteiger partial charge in [0.05, 0.1) is 12.0 Å². The first-order chi connectivity index (χ1) is 8.13. The van der Waals surface area contributed by atoms with Crippen molar-refractivity contribution < 1.29 is 9.53 Å². The van der Waals surface area contributed by atoms with Crippen molar-refractivity contribution in [2.75, 3.05) is 19.7 Å². The quantitative estimate of drug-likeness (QED) is 0.783. The summed E-state index contributed by atoms with van der Waals surface area (Å²) in [6, 6.07) is 0.703. The summed E-state index contributed by atoms with van der Waals surface area (Å²) in [5, 5.41) is 3.41. The van der Waals surface area contributed by atoms with Crippen molar-refractivity contribution in [1.29, 1.82) is 0 Å². The van der Waals surface area contributed by atoms with Crippen LogP contribution in [0.15, 0.2) is 0 Å². The van der Waals surface area contributed by atoms with E-state index in [9.17, 15) is 4.79 Å². The van der Waals surface area contributed by atoms with Crippen molar-refractivity contribution in [3.05, 3.63) is 0 Å². The highest BCUT2D eigenvalue weighted by molar-refractivity contribution is 5.80. The van der Waals surface area contributed by atoms with Crippen molar-refractivity contribution >= 4 is 5.91 Å². The number of piperazine rings is 1. The van der Waals surface area contributed by atoms with Gasteiger partial charge in [0, 0.05) is 31.8 Å². The molecule has 0 aliphatic carbocycles. The maximum Gasteiger partial charge on any atom is 0.228 e. The number of nitrogens with zero attached hydrogens (tertiary/aromatic N) is 1. The molecule has 2 aliphatic heterocycles. The Balaban J connectivity index is 2.02. The topological polar surface area (TPSA) is 41.6 Å². The van der Waals surface area contributed by atoms with Crippen LogP contribution in [0.2, 0.25) is 0 Å². The second kappa shape index (κ2) is 5.36. The number of amides is 1. The van der Waals surface area contributed by atoms with Crippen LogP contribution in [-0.4, -0.2) is 48.7 Å². The van der Waals surface area contributed by atoms with E-state index in [1.54, 1.807) is 0 Å². The maximum atomic E-state index is 12.5. The molecule has 0 aromatic heterocycles. The zero-order valence-corrected chi connectivity index (χ0v) is 11.1. The average Bonchev–Trinajstić information content (AvgIpc) is 2.79. The van der Waals surface area contributed by atoms with E-state index in [0.29, 0.717) is 18.0 Å². The van der Waals surface area contributed by atoms with Crippen LogP contribution >= 0.6 is 0 Å². The van der Waals surface area contributed by atoms with Crippen LogP contribution in [0, 0.1) is 5.92 Å². The van der Waals surface area contributed by atoms with Crippen LogP contribution in [0.5, 0.6) is 0 Å². The molecule has 17 heavy (non-hydrogen) atoms. The molecule has 2 rings (SSSR count). The van der Waals surface area contributed by atoms with Crippen LogP contribution in [0.3, 0.4) is 0 Å². The number of ether oxygens (including phenoxy) is 1. The molecule has 0 radical (unpaired) electrons. The van der Waals surface area contributed by atoms with E-state index in [2.05, 4.69) is 26.1 Å². The molecule has 2 aliphatic rings.